The summed E-state index contributed by atoms with van der Waals surface area (Å²) in [7, 11) is 1.89. The number of nitrogens with zero attached hydrogens (tertiary/aromatic N) is 5. The highest BCUT2D eigenvalue weighted by atomic mass is 19.1. The molecular formula is C15H14FN5. The van der Waals surface area contributed by atoms with Crippen molar-refractivity contribution in [1.29, 1.82) is 0 Å². The van der Waals surface area contributed by atoms with Gasteiger partial charge in [0.15, 0.2) is 5.82 Å². The Balaban J connectivity index is 1.81. The van der Waals surface area contributed by atoms with Crippen LogP contribution in [-0.4, -0.2) is 26.8 Å². The molecule has 3 rings (SSSR count). The summed E-state index contributed by atoms with van der Waals surface area (Å²) in [5.74, 6) is 1.10. The highest BCUT2D eigenvalue weighted by Gasteiger charge is 2.07. The second-order valence-electron chi connectivity index (χ2n) is 4.67. The van der Waals surface area contributed by atoms with Gasteiger partial charge in [0.05, 0.1) is 12.4 Å². The van der Waals surface area contributed by atoms with E-state index in [2.05, 4.69) is 15.1 Å². The third kappa shape index (κ3) is 3.05. The Kier molecular flexibility index (Phi) is 3.59. The van der Waals surface area contributed by atoms with E-state index < -0.39 is 0 Å². The lowest BCUT2D eigenvalue weighted by Crippen LogP contribution is -2.18. The van der Waals surface area contributed by atoms with Gasteiger partial charge in [-0.05, 0) is 23.8 Å². The van der Waals surface area contributed by atoms with Crippen LogP contribution in [0, 0.1) is 5.82 Å². The van der Waals surface area contributed by atoms with Gasteiger partial charge in [0.1, 0.15) is 11.6 Å². The minimum Gasteiger partial charge on any atom is -0.354 e. The Hall–Kier alpha value is -2.76. The molecule has 21 heavy (non-hydrogen) atoms. The molecule has 106 valence electrons. The summed E-state index contributed by atoms with van der Waals surface area (Å²) in [6.07, 6.45) is 6.81. The van der Waals surface area contributed by atoms with Crippen LogP contribution in [0.5, 0.6) is 0 Å². The molecular weight excluding hydrogens is 269 g/mol. The van der Waals surface area contributed by atoms with Crippen LogP contribution in [0.3, 0.4) is 0 Å². The van der Waals surface area contributed by atoms with Crippen LogP contribution in [0.1, 0.15) is 5.56 Å². The van der Waals surface area contributed by atoms with Gasteiger partial charge in [-0.25, -0.2) is 14.1 Å². The summed E-state index contributed by atoms with van der Waals surface area (Å²) in [6, 6.07) is 8.35. The topological polar surface area (TPSA) is 46.8 Å². The maximum atomic E-state index is 13.2. The Labute approximate surface area is 121 Å². The van der Waals surface area contributed by atoms with E-state index in [9.17, 15) is 4.39 Å². The molecule has 2 aromatic heterocycles. The lowest BCUT2D eigenvalue weighted by atomic mass is 10.2. The average Bonchev–Trinajstić information content (AvgIpc) is 3.02. The summed E-state index contributed by atoms with van der Waals surface area (Å²) < 4.78 is 14.9. The van der Waals surface area contributed by atoms with Crippen molar-refractivity contribution in [2.45, 2.75) is 6.54 Å². The maximum absolute atomic E-state index is 13.2. The molecule has 0 amide bonds. The van der Waals surface area contributed by atoms with E-state index in [0.29, 0.717) is 18.2 Å². The smallest absolute Gasteiger partial charge is 0.173 e. The molecule has 0 saturated carbocycles. The van der Waals surface area contributed by atoms with Gasteiger partial charge >= 0.3 is 0 Å². The number of hydrogen-bond acceptors (Lipinski definition) is 4. The van der Waals surface area contributed by atoms with Crippen molar-refractivity contribution in [2.75, 3.05) is 11.9 Å². The Morgan fingerprint density at radius 2 is 2.14 bits per heavy atom. The second-order valence-corrected chi connectivity index (χ2v) is 4.67. The molecule has 2 heterocycles. The molecule has 1 aromatic carbocycles. The number of anilines is 1. The van der Waals surface area contributed by atoms with E-state index >= 15 is 0 Å². The Bertz CT molecular complexity index is 726. The van der Waals surface area contributed by atoms with Crippen LogP contribution in [0.4, 0.5) is 10.2 Å². The fourth-order valence-corrected chi connectivity index (χ4v) is 2.03. The first-order chi connectivity index (χ1) is 10.2. The van der Waals surface area contributed by atoms with E-state index in [0.717, 1.165) is 5.56 Å². The first kappa shape index (κ1) is 13.2. The van der Waals surface area contributed by atoms with Crippen LogP contribution >= 0.6 is 0 Å². The van der Waals surface area contributed by atoms with Gasteiger partial charge in [-0.2, -0.15) is 5.10 Å². The number of aromatic nitrogens is 4. The zero-order valence-electron chi connectivity index (χ0n) is 11.5. The summed E-state index contributed by atoms with van der Waals surface area (Å²) in [5.41, 5.74) is 0.879. The predicted octanol–water partition coefficient (Wildman–Crippen LogP) is 2.44. The van der Waals surface area contributed by atoms with Crippen molar-refractivity contribution in [3.63, 3.8) is 0 Å². The molecule has 3 aromatic rings. The van der Waals surface area contributed by atoms with Gasteiger partial charge in [-0.3, -0.25) is 4.98 Å². The molecule has 0 unspecified atom stereocenters. The first-order valence-electron chi connectivity index (χ1n) is 6.50. The number of halogens is 1. The van der Waals surface area contributed by atoms with E-state index in [-0.39, 0.29) is 5.82 Å². The number of benzene rings is 1. The van der Waals surface area contributed by atoms with Crippen molar-refractivity contribution in [2.24, 2.45) is 0 Å². The third-order valence-electron chi connectivity index (χ3n) is 3.05. The van der Waals surface area contributed by atoms with Crippen LogP contribution in [0.25, 0.3) is 5.82 Å². The Morgan fingerprint density at radius 3 is 2.90 bits per heavy atom. The standard InChI is InChI=1S/C15H14FN5/c1-20(11-12-4-2-5-13(16)8-12)14-9-17-10-15(19-14)21-7-3-6-18-21/h2-10H,11H2,1H3. The molecule has 6 heteroatoms. The molecule has 0 aliphatic carbocycles. The quantitative estimate of drug-likeness (QED) is 0.738. The van der Waals surface area contributed by atoms with Crippen LogP contribution in [0.2, 0.25) is 0 Å². The molecule has 0 fully saturated rings. The molecule has 0 radical (unpaired) electrons. The highest BCUT2D eigenvalue weighted by Crippen LogP contribution is 2.14. The summed E-state index contributed by atoms with van der Waals surface area (Å²) in [6.45, 7) is 0.551. The minimum absolute atomic E-state index is 0.239. The third-order valence-corrected chi connectivity index (χ3v) is 3.05. The number of rotatable bonds is 4. The second kappa shape index (κ2) is 5.70. The minimum atomic E-state index is -0.239. The van der Waals surface area contributed by atoms with Crippen molar-refractivity contribution >= 4 is 5.82 Å². The molecule has 0 spiro atoms. The zero-order chi connectivity index (χ0) is 14.7. The zero-order valence-corrected chi connectivity index (χ0v) is 11.5. The molecule has 0 saturated heterocycles. The monoisotopic (exact) mass is 283 g/mol. The van der Waals surface area contributed by atoms with Crippen molar-refractivity contribution < 1.29 is 4.39 Å². The predicted molar refractivity (Wildman–Crippen MR) is 77.7 cm³/mol. The van der Waals surface area contributed by atoms with Gasteiger partial charge in [0.25, 0.3) is 0 Å². The van der Waals surface area contributed by atoms with Gasteiger partial charge in [-0.1, -0.05) is 12.1 Å². The van der Waals surface area contributed by atoms with Crippen LogP contribution < -0.4 is 4.90 Å². The lowest BCUT2D eigenvalue weighted by molar-refractivity contribution is 0.625. The normalized spacial score (nSPS) is 10.6. The molecule has 5 nitrogen and oxygen atoms in total. The van der Waals surface area contributed by atoms with Gasteiger partial charge in [0, 0.05) is 26.0 Å². The van der Waals surface area contributed by atoms with Crippen molar-refractivity contribution in [3.8, 4) is 5.82 Å². The first-order valence-corrected chi connectivity index (χ1v) is 6.50. The average molecular weight is 283 g/mol. The molecule has 0 N–H and O–H groups in total. The van der Waals surface area contributed by atoms with Crippen LogP contribution in [0.15, 0.2) is 55.1 Å². The van der Waals surface area contributed by atoms with Crippen molar-refractivity contribution in [3.05, 3.63) is 66.5 Å². The van der Waals surface area contributed by atoms with E-state index in [1.54, 1.807) is 35.5 Å². The van der Waals surface area contributed by atoms with Crippen LogP contribution in [-0.2, 0) is 6.54 Å². The van der Waals surface area contributed by atoms with E-state index in [4.69, 9.17) is 0 Å². The van der Waals surface area contributed by atoms with E-state index in [1.807, 2.05) is 24.1 Å². The molecule has 0 aliphatic rings. The van der Waals surface area contributed by atoms with E-state index in [1.165, 1.54) is 12.1 Å². The van der Waals surface area contributed by atoms with Gasteiger partial charge < -0.3 is 4.90 Å². The SMILES string of the molecule is CN(Cc1cccc(F)c1)c1cncc(-n2cccn2)n1. The maximum Gasteiger partial charge on any atom is 0.173 e. The molecule has 0 aliphatic heterocycles. The van der Waals surface area contributed by atoms with Gasteiger partial charge in [0.2, 0.25) is 0 Å². The summed E-state index contributed by atoms with van der Waals surface area (Å²) >= 11 is 0. The molecule has 0 atom stereocenters. The summed E-state index contributed by atoms with van der Waals surface area (Å²) in [5, 5.41) is 4.13. The fourth-order valence-electron chi connectivity index (χ4n) is 2.03. The van der Waals surface area contributed by atoms with Crippen molar-refractivity contribution in [1.82, 2.24) is 19.7 Å². The largest absolute Gasteiger partial charge is 0.354 e. The summed E-state index contributed by atoms with van der Waals surface area (Å²) in [4.78, 5) is 10.6. The van der Waals surface area contributed by atoms with Gasteiger partial charge in [-0.15, -0.1) is 0 Å². The Morgan fingerprint density at radius 1 is 1.24 bits per heavy atom. The molecule has 0 bridgehead atoms. The number of hydrogen-bond donors (Lipinski definition) is 0. The fraction of sp³-hybridized carbons (Fsp3) is 0.133. The highest BCUT2D eigenvalue weighted by molar-refractivity contribution is 5.39. The lowest BCUT2D eigenvalue weighted by Gasteiger charge is -2.18.